The second kappa shape index (κ2) is 12.6. The van der Waals surface area contributed by atoms with Gasteiger partial charge in [-0.3, -0.25) is 0 Å². The maximum atomic E-state index is 13.2. The summed E-state index contributed by atoms with van der Waals surface area (Å²) in [5.74, 6) is 0.972. The zero-order chi connectivity index (χ0) is 27.0. The first kappa shape index (κ1) is 28.0. The highest BCUT2D eigenvalue weighted by Crippen LogP contribution is 2.23. The number of aromatic nitrogens is 2. The molecule has 1 aliphatic rings. The number of rotatable bonds is 10. The first-order valence-corrected chi connectivity index (χ1v) is 13.0. The van der Waals surface area contributed by atoms with Crippen LogP contribution in [0.25, 0.3) is 0 Å². The van der Waals surface area contributed by atoms with E-state index in [4.69, 9.17) is 15.2 Å². The highest BCUT2D eigenvalue weighted by atomic mass is 16.6. The number of nitrogens with two attached hydrogens (primary N) is 1. The maximum Gasteiger partial charge on any atom is 0.415 e. The van der Waals surface area contributed by atoms with Crippen LogP contribution in [0.2, 0.25) is 0 Å². The zero-order valence-corrected chi connectivity index (χ0v) is 22.6. The van der Waals surface area contributed by atoms with Gasteiger partial charge in [0.15, 0.2) is 5.82 Å². The summed E-state index contributed by atoms with van der Waals surface area (Å²) in [6, 6.07) is 6.39. The molecular formula is C27H40N6O4. The van der Waals surface area contributed by atoms with Gasteiger partial charge in [-0.2, -0.15) is 4.98 Å². The fourth-order valence-electron chi connectivity index (χ4n) is 4.04. The normalized spacial score (nSPS) is 14.2. The Labute approximate surface area is 219 Å². The fraction of sp³-hybridized carbons (Fsp3) is 0.556. The number of carbonyl (C=O) groups excluding carboxylic acids is 2. The Kier molecular flexibility index (Phi) is 9.54. The molecule has 1 aromatic heterocycles. The minimum absolute atomic E-state index is 0.320. The Morgan fingerprint density at radius 1 is 1.16 bits per heavy atom. The van der Waals surface area contributed by atoms with Crippen molar-refractivity contribution in [3.8, 4) is 5.75 Å². The second-order valence-electron chi connectivity index (χ2n) is 10.2. The van der Waals surface area contributed by atoms with Crippen molar-refractivity contribution in [2.75, 3.05) is 42.1 Å². The van der Waals surface area contributed by atoms with Crippen LogP contribution in [-0.2, 0) is 16.0 Å². The van der Waals surface area contributed by atoms with Crippen LogP contribution in [0.15, 0.2) is 30.5 Å². The van der Waals surface area contributed by atoms with Crippen molar-refractivity contribution in [1.82, 2.24) is 14.9 Å². The highest BCUT2D eigenvalue weighted by molar-refractivity contribution is 5.81. The number of nitrogens with one attached hydrogen (secondary N) is 1. The lowest BCUT2D eigenvalue weighted by molar-refractivity contribution is -0.155. The van der Waals surface area contributed by atoms with Crippen LogP contribution in [0.4, 0.5) is 22.2 Å². The van der Waals surface area contributed by atoms with Crippen molar-refractivity contribution >= 4 is 29.5 Å². The number of nitrogen functional groups attached to an aromatic ring is 1. The standard InChI is InChI=1S/C27H40N6O4/c1-6-14-32(7-2)25-29-18-21(28)23(31-25)30-22(24(34)37-27(3,4)5)17-19-10-12-20(13-11-19)36-26(35)33-15-8-9-16-33/h10-13,18,22H,6-9,14-17,28H2,1-5H3,(H,29,30,31)/t22-/m0/s1. The van der Waals surface area contributed by atoms with Gasteiger partial charge < -0.3 is 30.3 Å². The molecule has 0 saturated carbocycles. The van der Waals surface area contributed by atoms with E-state index in [1.807, 2.05) is 39.8 Å². The Balaban J connectivity index is 1.78. The van der Waals surface area contributed by atoms with Gasteiger partial charge in [0.1, 0.15) is 17.4 Å². The van der Waals surface area contributed by atoms with Crippen LogP contribution in [0.1, 0.15) is 59.4 Å². The van der Waals surface area contributed by atoms with Gasteiger partial charge in [0.2, 0.25) is 5.95 Å². The van der Waals surface area contributed by atoms with E-state index in [0.717, 1.165) is 51.0 Å². The number of hydrogen-bond acceptors (Lipinski definition) is 9. The molecule has 10 nitrogen and oxygen atoms in total. The minimum Gasteiger partial charge on any atom is -0.458 e. The maximum absolute atomic E-state index is 13.2. The van der Waals surface area contributed by atoms with Gasteiger partial charge in [-0.15, -0.1) is 0 Å². The van der Waals surface area contributed by atoms with Crippen LogP contribution >= 0.6 is 0 Å². The third-order valence-electron chi connectivity index (χ3n) is 5.90. The van der Waals surface area contributed by atoms with Gasteiger partial charge in [-0.05, 0) is 64.7 Å². The summed E-state index contributed by atoms with van der Waals surface area (Å²) in [6.07, 6.45) is 4.49. The lowest BCUT2D eigenvalue weighted by Gasteiger charge is -2.26. The molecule has 1 fully saturated rings. The quantitative estimate of drug-likeness (QED) is 0.450. The predicted octanol–water partition coefficient (Wildman–Crippen LogP) is 4.25. The summed E-state index contributed by atoms with van der Waals surface area (Å²) in [5.41, 5.74) is 6.72. The summed E-state index contributed by atoms with van der Waals surface area (Å²) in [7, 11) is 0. The molecule has 0 aliphatic carbocycles. The minimum atomic E-state index is -0.747. The van der Waals surface area contributed by atoms with Crippen molar-refractivity contribution in [2.45, 2.75) is 71.9 Å². The molecule has 2 heterocycles. The van der Waals surface area contributed by atoms with E-state index < -0.39 is 17.6 Å². The summed E-state index contributed by atoms with van der Waals surface area (Å²) in [5, 5.41) is 3.19. The SMILES string of the molecule is CCCN(CC)c1ncc(N)c(N[C@@H](Cc2ccc(OC(=O)N3CCCC3)cc2)C(=O)OC(C)(C)C)n1. The lowest BCUT2D eigenvalue weighted by Crippen LogP contribution is -2.38. The van der Waals surface area contributed by atoms with Crippen LogP contribution in [0.3, 0.4) is 0 Å². The lowest BCUT2D eigenvalue weighted by atomic mass is 10.1. The smallest absolute Gasteiger partial charge is 0.415 e. The highest BCUT2D eigenvalue weighted by Gasteiger charge is 2.27. The average Bonchev–Trinajstić information content (AvgIpc) is 3.39. The molecular weight excluding hydrogens is 472 g/mol. The Morgan fingerprint density at radius 2 is 1.84 bits per heavy atom. The number of nitrogens with zero attached hydrogens (tertiary/aromatic N) is 4. The van der Waals surface area contributed by atoms with Gasteiger partial charge in [-0.1, -0.05) is 19.1 Å². The van der Waals surface area contributed by atoms with E-state index >= 15 is 0 Å². The zero-order valence-electron chi connectivity index (χ0n) is 22.6. The first-order valence-electron chi connectivity index (χ1n) is 13.0. The molecule has 1 atom stereocenters. The first-order chi connectivity index (χ1) is 17.6. The van der Waals surface area contributed by atoms with E-state index in [1.165, 1.54) is 0 Å². The van der Waals surface area contributed by atoms with Crippen molar-refractivity contribution in [3.63, 3.8) is 0 Å². The summed E-state index contributed by atoms with van der Waals surface area (Å²) in [6.45, 7) is 12.6. The predicted molar refractivity (Wildman–Crippen MR) is 145 cm³/mol. The summed E-state index contributed by atoms with van der Waals surface area (Å²) < 4.78 is 11.2. The number of anilines is 3. The molecule has 1 aromatic carbocycles. The topological polar surface area (TPSA) is 123 Å². The van der Waals surface area contributed by atoms with Gasteiger partial charge in [0.25, 0.3) is 0 Å². The van der Waals surface area contributed by atoms with Crippen LogP contribution < -0.4 is 20.7 Å². The van der Waals surface area contributed by atoms with Gasteiger partial charge in [0, 0.05) is 32.6 Å². The van der Waals surface area contributed by atoms with Crippen LogP contribution in [-0.4, -0.2) is 64.8 Å². The van der Waals surface area contributed by atoms with E-state index in [9.17, 15) is 9.59 Å². The molecule has 10 heteroatoms. The number of likely N-dealkylation sites (tertiary alicyclic amines) is 1. The van der Waals surface area contributed by atoms with Crippen molar-refractivity contribution in [2.24, 2.45) is 0 Å². The van der Waals surface area contributed by atoms with Crippen LogP contribution in [0, 0.1) is 0 Å². The van der Waals surface area contributed by atoms with Gasteiger partial charge in [-0.25, -0.2) is 14.6 Å². The number of hydrogen-bond donors (Lipinski definition) is 2. The van der Waals surface area contributed by atoms with Crippen molar-refractivity contribution in [3.05, 3.63) is 36.0 Å². The van der Waals surface area contributed by atoms with Gasteiger partial charge >= 0.3 is 12.1 Å². The monoisotopic (exact) mass is 512 g/mol. The van der Waals surface area contributed by atoms with E-state index in [2.05, 4.69) is 27.1 Å². The molecule has 1 amide bonds. The second-order valence-corrected chi connectivity index (χ2v) is 10.2. The molecule has 0 unspecified atom stereocenters. The molecule has 37 heavy (non-hydrogen) atoms. The fourth-order valence-corrected chi connectivity index (χ4v) is 4.04. The van der Waals surface area contributed by atoms with Crippen LogP contribution in [0.5, 0.6) is 5.75 Å². The molecule has 2 aromatic rings. The third-order valence-corrected chi connectivity index (χ3v) is 5.90. The molecule has 1 aliphatic heterocycles. The summed E-state index contributed by atoms with van der Waals surface area (Å²) >= 11 is 0. The molecule has 1 saturated heterocycles. The number of amides is 1. The molecule has 3 N–H and O–H groups in total. The van der Waals surface area contributed by atoms with Gasteiger partial charge in [0.05, 0.1) is 11.9 Å². The number of ether oxygens (including phenoxy) is 2. The van der Waals surface area contributed by atoms with E-state index in [-0.39, 0.29) is 6.09 Å². The number of benzene rings is 1. The van der Waals surface area contributed by atoms with Crippen molar-refractivity contribution in [1.29, 1.82) is 0 Å². The Hall–Kier alpha value is -3.56. The average molecular weight is 513 g/mol. The summed E-state index contributed by atoms with van der Waals surface area (Å²) in [4.78, 5) is 38.2. The van der Waals surface area contributed by atoms with E-state index in [1.54, 1.807) is 23.2 Å². The molecule has 0 spiro atoms. The molecule has 0 radical (unpaired) electrons. The number of esters is 1. The Morgan fingerprint density at radius 3 is 2.43 bits per heavy atom. The molecule has 3 rings (SSSR count). The third kappa shape index (κ3) is 8.23. The number of carbonyl (C=O) groups is 2. The Bertz CT molecular complexity index is 1050. The van der Waals surface area contributed by atoms with E-state index in [0.29, 0.717) is 29.6 Å². The molecule has 202 valence electrons. The largest absolute Gasteiger partial charge is 0.458 e. The van der Waals surface area contributed by atoms with Crippen molar-refractivity contribution < 1.29 is 19.1 Å². The molecule has 0 bridgehead atoms.